The monoisotopic (exact) mass is 997 g/mol. The minimum atomic E-state index is -0.0448. The Morgan fingerprint density at radius 1 is 0.592 bits per heavy atom. The van der Waals surface area contributed by atoms with Crippen LogP contribution < -0.4 is 31.4 Å². The zero-order valence-electron chi connectivity index (χ0n) is 47.5. The number of hydrogen-bond acceptors (Lipinski definition) is 4. The third-order valence-electron chi connectivity index (χ3n) is 21.6. The van der Waals surface area contributed by atoms with Gasteiger partial charge in [-0.3, -0.25) is 0 Å². The van der Waals surface area contributed by atoms with Gasteiger partial charge in [0.25, 0.3) is 6.71 Å². The number of fused-ring (bicyclic) bond motifs is 6. The molecular weight excluding hydrogens is 920 g/mol. The third-order valence-corrected chi connectivity index (χ3v) is 21.6. The van der Waals surface area contributed by atoms with Crippen molar-refractivity contribution < 1.29 is 0 Å². The topological polar surface area (TPSA) is 30.5 Å². The molecular formula is C71H77BN4. The number of hydrogen-bond donors (Lipinski definition) is 2. The van der Waals surface area contributed by atoms with Crippen LogP contribution in [0.15, 0.2) is 155 Å². The lowest BCUT2D eigenvalue weighted by Gasteiger charge is -2.57. The fourth-order valence-electron chi connectivity index (χ4n) is 18.4. The van der Waals surface area contributed by atoms with Crippen LogP contribution in [0.25, 0.3) is 11.4 Å². The van der Waals surface area contributed by atoms with Gasteiger partial charge in [0.15, 0.2) is 0 Å². The van der Waals surface area contributed by atoms with E-state index in [0.717, 1.165) is 42.7 Å². The fraction of sp³-hybridized carbons (Fsp3) is 0.408. The lowest BCUT2D eigenvalue weighted by Crippen LogP contribution is -2.59. The van der Waals surface area contributed by atoms with Crippen LogP contribution in [0.1, 0.15) is 134 Å². The van der Waals surface area contributed by atoms with E-state index in [1.807, 2.05) is 0 Å². The molecule has 384 valence electrons. The van der Waals surface area contributed by atoms with Crippen molar-refractivity contribution in [3.63, 3.8) is 0 Å². The zero-order valence-corrected chi connectivity index (χ0v) is 47.5. The molecule has 2 N–H and O–H groups in total. The highest BCUT2D eigenvalue weighted by molar-refractivity contribution is 6.95. The number of nitrogens with one attached hydrogen (secondary N) is 2. The summed E-state index contributed by atoms with van der Waals surface area (Å²) in [6.07, 6.45) is 15.3. The van der Waals surface area contributed by atoms with E-state index in [0.29, 0.717) is 5.92 Å². The van der Waals surface area contributed by atoms with E-state index in [9.17, 15) is 0 Å². The Morgan fingerprint density at radius 2 is 1.20 bits per heavy atom. The molecule has 8 atom stereocenters. The molecule has 0 saturated heterocycles. The van der Waals surface area contributed by atoms with Crippen molar-refractivity contribution in [2.75, 3.05) is 22.9 Å². The summed E-state index contributed by atoms with van der Waals surface area (Å²) in [6.45, 7) is 32.8. The van der Waals surface area contributed by atoms with Gasteiger partial charge in [-0.05, 0) is 177 Å². The highest BCUT2D eigenvalue weighted by Crippen LogP contribution is 2.87. The Labute approximate surface area is 454 Å². The van der Waals surface area contributed by atoms with Crippen LogP contribution in [-0.4, -0.2) is 19.8 Å². The number of nitrogens with zero attached hydrogens (tertiary/aromatic N) is 2. The number of benzene rings is 5. The van der Waals surface area contributed by atoms with E-state index in [-0.39, 0.29) is 39.7 Å². The molecule has 5 aromatic rings. The van der Waals surface area contributed by atoms with Gasteiger partial charge in [0, 0.05) is 75.6 Å². The molecule has 0 amide bonds. The second-order valence-corrected chi connectivity index (χ2v) is 28.8. The predicted octanol–water partition coefficient (Wildman–Crippen LogP) is 15.3. The highest BCUT2D eigenvalue weighted by atomic mass is 15.2. The number of anilines is 5. The maximum Gasteiger partial charge on any atom is 0.251 e. The first-order valence-corrected chi connectivity index (χ1v) is 29.1. The van der Waals surface area contributed by atoms with Gasteiger partial charge < -0.3 is 20.4 Å². The van der Waals surface area contributed by atoms with Crippen molar-refractivity contribution in [3.05, 3.63) is 194 Å². The first-order chi connectivity index (χ1) is 36.2. The molecule has 7 aliphatic carbocycles. The van der Waals surface area contributed by atoms with Gasteiger partial charge in [0.1, 0.15) is 0 Å². The second kappa shape index (κ2) is 15.3. The summed E-state index contributed by atoms with van der Waals surface area (Å²) < 4.78 is 0. The van der Waals surface area contributed by atoms with Crippen LogP contribution >= 0.6 is 0 Å². The molecule has 1 spiro atoms. The summed E-state index contributed by atoms with van der Waals surface area (Å²) in [4.78, 5) is 5.52. The third kappa shape index (κ3) is 6.04. The van der Waals surface area contributed by atoms with Gasteiger partial charge in [-0.15, -0.1) is 0 Å². The van der Waals surface area contributed by atoms with Crippen LogP contribution in [0.4, 0.5) is 28.4 Å². The van der Waals surface area contributed by atoms with Gasteiger partial charge in [-0.25, -0.2) is 0 Å². The van der Waals surface area contributed by atoms with E-state index in [1.165, 1.54) is 114 Å². The lowest BCUT2D eigenvalue weighted by molar-refractivity contribution is 0.0747. The van der Waals surface area contributed by atoms with Crippen molar-refractivity contribution >= 4 is 57.5 Å². The minimum Gasteiger partial charge on any atom is -0.381 e. The van der Waals surface area contributed by atoms with E-state index in [2.05, 4.69) is 238 Å². The Bertz CT molecular complexity index is 3630. The molecule has 5 aromatic carbocycles. The Hall–Kier alpha value is -6.20. The molecule has 5 fully saturated rings. The lowest BCUT2D eigenvalue weighted by atomic mass is 9.31. The van der Waals surface area contributed by atoms with Crippen molar-refractivity contribution in [2.24, 2.45) is 51.8 Å². The summed E-state index contributed by atoms with van der Waals surface area (Å²) in [5.41, 5.74) is 29.4. The Kier molecular flexibility index (Phi) is 9.47. The molecule has 4 nitrogen and oxygen atoms in total. The standard InChI is InChI=1S/C71H77BN4/c1-39-21-28-56(47(31-39)54-26-23-43(37-73-54)68(6,7)8)75-58-30-25-42(67(3,4)5)35-52(58)72-53-36-51-64-61(45-17-14-15-18-49(45)71(64)50-34-41-33-46(50)63(62(41)71)70(51,12)13)66(53)76(60-20-16-19-59(75)65(60)72)57-29-22-40(2)32-48(57)55-27-24-44(38-74-55)69(9,10)11/h14-32,35-36,41,46,50,61-64,73-74H,33-34,37-38H2,1-13H3. The molecule has 76 heavy (non-hydrogen) atoms. The van der Waals surface area contributed by atoms with Gasteiger partial charge in [0.05, 0.1) is 11.4 Å². The van der Waals surface area contributed by atoms with Crippen molar-refractivity contribution in [1.29, 1.82) is 0 Å². The molecule has 5 heteroatoms. The van der Waals surface area contributed by atoms with Crippen molar-refractivity contribution in [2.45, 2.75) is 120 Å². The SMILES string of the molecule is Cc1ccc(N2C3=C(C=C4C5C3c3ccccc3C53C5CC6CC5C(C63)C4(C)C)B3c4cc(C(C)(C)C)ccc4N(c4ccc(C)cc4C4=CC=C(C(C)(C)C)CN4)c4cccc2c43)c(C2=CC=C(C(C)(C)C)CN2)c1. The number of allylic oxidation sites excluding steroid dienone is 8. The van der Waals surface area contributed by atoms with E-state index in [4.69, 9.17) is 0 Å². The van der Waals surface area contributed by atoms with Crippen molar-refractivity contribution in [1.82, 2.24) is 10.6 Å². The van der Waals surface area contributed by atoms with E-state index >= 15 is 0 Å². The quantitative estimate of drug-likeness (QED) is 0.176. The molecule has 4 heterocycles. The molecule has 11 aliphatic rings. The molecule has 0 radical (unpaired) electrons. The summed E-state index contributed by atoms with van der Waals surface area (Å²) in [7, 11) is 0. The number of aryl methyl sites for hydroxylation is 2. The van der Waals surface area contributed by atoms with E-state index in [1.54, 1.807) is 16.7 Å². The smallest absolute Gasteiger partial charge is 0.251 e. The predicted molar refractivity (Wildman–Crippen MR) is 320 cm³/mol. The summed E-state index contributed by atoms with van der Waals surface area (Å²) in [6, 6.07) is 39.4. The first kappa shape index (κ1) is 47.1. The fourth-order valence-corrected chi connectivity index (χ4v) is 18.4. The van der Waals surface area contributed by atoms with Gasteiger partial charge in [-0.2, -0.15) is 0 Å². The average Bonchev–Trinajstić information content (AvgIpc) is 4.33. The van der Waals surface area contributed by atoms with Crippen molar-refractivity contribution in [3.8, 4) is 0 Å². The van der Waals surface area contributed by atoms with Gasteiger partial charge in [-0.1, -0.05) is 166 Å². The first-order valence-electron chi connectivity index (χ1n) is 29.1. The van der Waals surface area contributed by atoms with Crippen LogP contribution in [0.5, 0.6) is 0 Å². The van der Waals surface area contributed by atoms with Crippen LogP contribution in [0, 0.1) is 65.6 Å². The summed E-state index contributed by atoms with van der Waals surface area (Å²) in [5.74, 6) is 4.57. The molecule has 6 bridgehead atoms. The summed E-state index contributed by atoms with van der Waals surface area (Å²) in [5, 5.41) is 7.97. The van der Waals surface area contributed by atoms with Gasteiger partial charge in [0.2, 0.25) is 0 Å². The molecule has 4 aliphatic heterocycles. The molecule has 0 aromatic heterocycles. The van der Waals surface area contributed by atoms with E-state index < -0.39 is 0 Å². The normalized spacial score (nSPS) is 28.6. The number of dihydropyridines is 2. The van der Waals surface area contributed by atoms with Crippen LogP contribution in [0.2, 0.25) is 0 Å². The average molecular weight is 997 g/mol. The Balaban J connectivity index is 1.04. The zero-order chi connectivity index (χ0) is 52.5. The molecule has 5 saturated carbocycles. The van der Waals surface area contributed by atoms with Crippen LogP contribution in [0.3, 0.4) is 0 Å². The maximum atomic E-state index is 4.02. The second-order valence-electron chi connectivity index (χ2n) is 28.8. The number of rotatable bonds is 4. The Morgan fingerprint density at radius 3 is 1.80 bits per heavy atom. The summed E-state index contributed by atoms with van der Waals surface area (Å²) >= 11 is 0. The highest BCUT2D eigenvalue weighted by Gasteiger charge is 2.83. The molecule has 16 rings (SSSR count). The molecule has 8 unspecified atom stereocenters. The largest absolute Gasteiger partial charge is 0.381 e. The minimum absolute atomic E-state index is 0.0281. The maximum absolute atomic E-state index is 4.02. The van der Waals surface area contributed by atoms with Gasteiger partial charge >= 0.3 is 0 Å². The van der Waals surface area contributed by atoms with Crippen LogP contribution in [-0.2, 0) is 10.8 Å².